The molecule has 0 unspecified atom stereocenters. The van der Waals surface area contributed by atoms with Gasteiger partial charge in [-0.05, 0) is 18.9 Å². The van der Waals surface area contributed by atoms with Gasteiger partial charge >= 0.3 is 0 Å². The van der Waals surface area contributed by atoms with Crippen LogP contribution in [0.4, 0.5) is 0 Å². The normalized spacial score (nSPS) is 11.2. The maximum absolute atomic E-state index is 10.5. The van der Waals surface area contributed by atoms with Crippen molar-refractivity contribution in [1.82, 2.24) is 5.32 Å². The number of carbonyl (C=O) groups excluding carboxylic acids is 1. The van der Waals surface area contributed by atoms with E-state index in [-0.39, 0.29) is 0 Å². The number of rotatable bonds is 5. The molecule has 0 heterocycles. The first-order valence-corrected chi connectivity index (χ1v) is 5.19. The Morgan fingerprint density at radius 2 is 2.27 bits per heavy atom. The molecule has 0 aromatic heterocycles. The molecule has 0 aliphatic rings. The molecule has 0 saturated carbocycles. The average molecular weight is 203 g/mol. The molecule has 0 atom stereocenters. The van der Waals surface area contributed by atoms with E-state index in [1.54, 1.807) is 6.20 Å². The molecule has 15 heavy (non-hydrogen) atoms. The third kappa shape index (κ3) is 3.98. The summed E-state index contributed by atoms with van der Waals surface area (Å²) in [6.07, 6.45) is 3.45. The molecular formula is C13H17NO. The van der Waals surface area contributed by atoms with Crippen LogP contribution in [0.5, 0.6) is 0 Å². The van der Waals surface area contributed by atoms with Gasteiger partial charge in [-0.2, -0.15) is 0 Å². The van der Waals surface area contributed by atoms with Crippen LogP contribution in [0, 0.1) is 6.92 Å². The zero-order valence-electron chi connectivity index (χ0n) is 9.29. The summed E-state index contributed by atoms with van der Waals surface area (Å²) in [6.45, 7) is 4.80. The SMILES string of the molecule is CC/C(C=O)=C\NCc1cccc(C)c1. The molecule has 0 amide bonds. The number of aldehydes is 1. The van der Waals surface area contributed by atoms with Crippen molar-refractivity contribution in [1.29, 1.82) is 0 Å². The van der Waals surface area contributed by atoms with Crippen LogP contribution in [-0.2, 0) is 11.3 Å². The van der Waals surface area contributed by atoms with Gasteiger partial charge in [0.1, 0.15) is 6.29 Å². The second-order valence-corrected chi connectivity index (χ2v) is 3.56. The molecule has 0 spiro atoms. The van der Waals surface area contributed by atoms with Crippen LogP contribution < -0.4 is 5.32 Å². The number of nitrogens with one attached hydrogen (secondary N) is 1. The molecule has 1 aromatic rings. The van der Waals surface area contributed by atoms with Crippen LogP contribution in [0.15, 0.2) is 36.0 Å². The highest BCUT2D eigenvalue weighted by molar-refractivity contribution is 5.72. The van der Waals surface area contributed by atoms with Crippen LogP contribution in [-0.4, -0.2) is 6.29 Å². The van der Waals surface area contributed by atoms with Gasteiger partial charge < -0.3 is 5.32 Å². The highest BCUT2D eigenvalue weighted by atomic mass is 16.1. The molecule has 1 aromatic carbocycles. The molecule has 0 fully saturated rings. The Hall–Kier alpha value is -1.57. The van der Waals surface area contributed by atoms with Gasteiger partial charge in [-0.25, -0.2) is 0 Å². The number of aryl methyl sites for hydroxylation is 1. The predicted octanol–water partition coefficient (Wildman–Crippen LogP) is 2.58. The van der Waals surface area contributed by atoms with Crippen LogP contribution >= 0.6 is 0 Å². The maximum atomic E-state index is 10.5. The third-order valence-corrected chi connectivity index (χ3v) is 2.24. The van der Waals surface area contributed by atoms with Gasteiger partial charge in [0.25, 0.3) is 0 Å². The smallest absolute Gasteiger partial charge is 0.147 e. The molecule has 1 rings (SSSR count). The van der Waals surface area contributed by atoms with Gasteiger partial charge in [-0.3, -0.25) is 4.79 Å². The van der Waals surface area contributed by atoms with Crippen LogP contribution in [0.1, 0.15) is 24.5 Å². The van der Waals surface area contributed by atoms with Crippen molar-refractivity contribution in [3.63, 3.8) is 0 Å². The lowest BCUT2D eigenvalue weighted by Crippen LogP contribution is -2.06. The summed E-state index contributed by atoms with van der Waals surface area (Å²) >= 11 is 0. The fraction of sp³-hybridized carbons (Fsp3) is 0.308. The summed E-state index contributed by atoms with van der Waals surface area (Å²) < 4.78 is 0. The van der Waals surface area contributed by atoms with Gasteiger partial charge in [0.05, 0.1) is 0 Å². The topological polar surface area (TPSA) is 29.1 Å². The highest BCUT2D eigenvalue weighted by Crippen LogP contribution is 2.03. The fourth-order valence-corrected chi connectivity index (χ4v) is 1.34. The Morgan fingerprint density at radius 1 is 1.47 bits per heavy atom. The van der Waals surface area contributed by atoms with Crippen molar-refractivity contribution in [2.75, 3.05) is 0 Å². The van der Waals surface area contributed by atoms with E-state index in [4.69, 9.17) is 0 Å². The maximum Gasteiger partial charge on any atom is 0.147 e. The van der Waals surface area contributed by atoms with Crippen molar-refractivity contribution < 1.29 is 4.79 Å². The Labute approximate surface area is 91.0 Å². The standard InChI is InChI=1S/C13H17NO/c1-3-12(10-15)8-14-9-13-6-4-5-11(2)7-13/h4-8,10,14H,3,9H2,1-2H3/b12-8+. The summed E-state index contributed by atoms with van der Waals surface area (Å²) in [7, 11) is 0. The highest BCUT2D eigenvalue weighted by Gasteiger charge is 1.92. The van der Waals surface area contributed by atoms with Crippen molar-refractivity contribution in [2.45, 2.75) is 26.8 Å². The molecule has 2 nitrogen and oxygen atoms in total. The van der Waals surface area contributed by atoms with Gasteiger partial charge in [0.15, 0.2) is 0 Å². The largest absolute Gasteiger partial charge is 0.386 e. The average Bonchev–Trinajstić information content (AvgIpc) is 2.25. The zero-order valence-corrected chi connectivity index (χ0v) is 9.29. The van der Waals surface area contributed by atoms with E-state index >= 15 is 0 Å². The molecular weight excluding hydrogens is 186 g/mol. The van der Waals surface area contributed by atoms with E-state index in [1.807, 2.05) is 13.0 Å². The lowest BCUT2D eigenvalue weighted by atomic mass is 10.1. The summed E-state index contributed by atoms with van der Waals surface area (Å²) in [5.74, 6) is 0. The first-order chi connectivity index (χ1) is 7.26. The molecule has 0 bridgehead atoms. The first-order valence-electron chi connectivity index (χ1n) is 5.19. The molecule has 0 aliphatic heterocycles. The summed E-state index contributed by atoms with van der Waals surface area (Å²) in [4.78, 5) is 10.5. The monoisotopic (exact) mass is 203 g/mol. The lowest BCUT2D eigenvalue weighted by Gasteiger charge is -2.03. The Morgan fingerprint density at radius 3 is 2.87 bits per heavy atom. The van der Waals surface area contributed by atoms with Crippen molar-refractivity contribution in [2.24, 2.45) is 0 Å². The van der Waals surface area contributed by atoms with E-state index in [0.29, 0.717) is 0 Å². The lowest BCUT2D eigenvalue weighted by molar-refractivity contribution is -0.105. The van der Waals surface area contributed by atoms with E-state index in [0.717, 1.165) is 24.8 Å². The number of hydrogen-bond acceptors (Lipinski definition) is 2. The molecule has 0 radical (unpaired) electrons. The van der Waals surface area contributed by atoms with Gasteiger partial charge in [0, 0.05) is 18.3 Å². The Balaban J connectivity index is 2.50. The van der Waals surface area contributed by atoms with Crippen LogP contribution in [0.3, 0.4) is 0 Å². The minimum Gasteiger partial charge on any atom is -0.386 e. The number of hydrogen-bond donors (Lipinski definition) is 1. The van der Waals surface area contributed by atoms with E-state index in [2.05, 4.69) is 30.4 Å². The molecule has 0 saturated heterocycles. The fourth-order valence-electron chi connectivity index (χ4n) is 1.34. The number of carbonyl (C=O) groups is 1. The van der Waals surface area contributed by atoms with Crippen LogP contribution in [0.2, 0.25) is 0 Å². The van der Waals surface area contributed by atoms with Gasteiger partial charge in [0.2, 0.25) is 0 Å². The summed E-state index contributed by atoms with van der Waals surface area (Å²) in [5.41, 5.74) is 3.28. The molecule has 80 valence electrons. The van der Waals surface area contributed by atoms with Gasteiger partial charge in [-0.1, -0.05) is 36.8 Å². The minimum atomic E-state index is 0.763. The Bertz CT molecular complexity index is 355. The van der Waals surface area contributed by atoms with Gasteiger partial charge in [-0.15, -0.1) is 0 Å². The van der Waals surface area contributed by atoms with E-state index < -0.39 is 0 Å². The number of allylic oxidation sites excluding steroid dienone is 1. The minimum absolute atomic E-state index is 0.763. The summed E-state index contributed by atoms with van der Waals surface area (Å²) in [5, 5.41) is 3.14. The van der Waals surface area contributed by atoms with E-state index in [9.17, 15) is 4.79 Å². The van der Waals surface area contributed by atoms with Crippen molar-refractivity contribution in [3.05, 3.63) is 47.2 Å². The van der Waals surface area contributed by atoms with E-state index in [1.165, 1.54) is 11.1 Å². The van der Waals surface area contributed by atoms with Crippen LogP contribution in [0.25, 0.3) is 0 Å². The first kappa shape index (κ1) is 11.5. The predicted molar refractivity (Wildman–Crippen MR) is 62.5 cm³/mol. The molecule has 2 heteroatoms. The molecule has 0 aliphatic carbocycles. The third-order valence-electron chi connectivity index (χ3n) is 2.24. The summed E-state index contributed by atoms with van der Waals surface area (Å²) in [6, 6.07) is 8.31. The second-order valence-electron chi connectivity index (χ2n) is 3.56. The zero-order chi connectivity index (χ0) is 11.1. The molecule has 1 N–H and O–H groups in total. The Kier molecular flexibility index (Phi) is 4.61. The second kappa shape index (κ2) is 6.02. The number of benzene rings is 1. The quantitative estimate of drug-likeness (QED) is 0.588. The van der Waals surface area contributed by atoms with Crippen molar-refractivity contribution >= 4 is 6.29 Å². The van der Waals surface area contributed by atoms with Crippen molar-refractivity contribution in [3.8, 4) is 0 Å².